The molecule has 1 aromatic heterocycles. The zero-order valence-corrected chi connectivity index (χ0v) is 20.0. The third-order valence-corrected chi connectivity index (χ3v) is 6.75. The summed E-state index contributed by atoms with van der Waals surface area (Å²) in [5, 5.41) is 13.3. The van der Waals surface area contributed by atoms with Crippen molar-refractivity contribution in [3.8, 4) is 0 Å². The monoisotopic (exact) mass is 480 g/mol. The zero-order valence-electron chi connectivity index (χ0n) is 20.0. The molecule has 3 aromatic carbocycles. The van der Waals surface area contributed by atoms with Gasteiger partial charge < -0.3 is 10.2 Å². The van der Waals surface area contributed by atoms with Gasteiger partial charge in [-0.05, 0) is 60.9 Å². The Morgan fingerprint density at radius 3 is 2.44 bits per heavy atom. The minimum absolute atomic E-state index is 0.248. The van der Waals surface area contributed by atoms with Gasteiger partial charge in [-0.15, -0.1) is 0 Å². The van der Waals surface area contributed by atoms with Crippen LogP contribution in [0.15, 0.2) is 84.9 Å². The van der Waals surface area contributed by atoms with Crippen molar-refractivity contribution in [3.63, 3.8) is 0 Å². The van der Waals surface area contributed by atoms with Crippen LogP contribution in [0.1, 0.15) is 27.2 Å². The Kier molecular flexibility index (Phi) is 6.64. The molecule has 3 N–H and O–H groups in total. The van der Waals surface area contributed by atoms with Crippen LogP contribution in [0.25, 0.3) is 10.9 Å². The smallest absolute Gasteiger partial charge is 0.251 e. The van der Waals surface area contributed by atoms with E-state index in [1.54, 1.807) is 5.48 Å². The van der Waals surface area contributed by atoms with Crippen molar-refractivity contribution in [2.24, 2.45) is 5.92 Å². The van der Waals surface area contributed by atoms with E-state index in [0.29, 0.717) is 18.7 Å². The fraction of sp³-hybridized carbons (Fsp3) is 0.207. The fourth-order valence-corrected chi connectivity index (χ4v) is 4.94. The minimum Gasteiger partial charge on any atom is -0.369 e. The van der Waals surface area contributed by atoms with Gasteiger partial charge in [-0.25, -0.2) is 5.48 Å². The van der Waals surface area contributed by atoms with Gasteiger partial charge in [-0.1, -0.05) is 48.5 Å². The number of para-hydroxylation sites is 2. The van der Waals surface area contributed by atoms with E-state index in [9.17, 15) is 14.8 Å². The first kappa shape index (κ1) is 23.5. The molecule has 36 heavy (non-hydrogen) atoms. The molecule has 0 spiro atoms. The summed E-state index contributed by atoms with van der Waals surface area (Å²) in [4.78, 5) is 32.0. The highest BCUT2D eigenvalue weighted by molar-refractivity contribution is 5.95. The van der Waals surface area contributed by atoms with E-state index in [2.05, 4.69) is 22.4 Å². The van der Waals surface area contributed by atoms with E-state index in [4.69, 9.17) is 0 Å². The molecule has 0 radical (unpaired) electrons. The Bertz CT molecular complexity index is 1390. The molecule has 0 aliphatic carbocycles. The highest BCUT2D eigenvalue weighted by Crippen LogP contribution is 2.25. The third-order valence-electron chi connectivity index (χ3n) is 6.75. The predicted octanol–water partition coefficient (Wildman–Crippen LogP) is 3.87. The summed E-state index contributed by atoms with van der Waals surface area (Å²) in [6, 6.07) is 27.0. The second kappa shape index (κ2) is 10.2. The average molecular weight is 481 g/mol. The van der Waals surface area contributed by atoms with E-state index in [1.165, 1.54) is 5.56 Å². The molecule has 2 atom stereocenters. The summed E-state index contributed by atoms with van der Waals surface area (Å²) >= 11 is 0. The molecule has 182 valence electrons. The molecule has 0 saturated carbocycles. The number of aryl methyl sites for hydroxylation is 1. The van der Waals surface area contributed by atoms with Gasteiger partial charge in [0.25, 0.3) is 5.91 Å². The zero-order chi connectivity index (χ0) is 25.1. The number of aromatic nitrogens is 1. The van der Waals surface area contributed by atoms with Gasteiger partial charge in [-0.3, -0.25) is 19.8 Å². The Morgan fingerprint density at radius 1 is 0.972 bits per heavy atom. The van der Waals surface area contributed by atoms with Gasteiger partial charge in [0.1, 0.15) is 0 Å². The van der Waals surface area contributed by atoms with Gasteiger partial charge in [0.15, 0.2) is 0 Å². The Labute approximate surface area is 209 Å². The van der Waals surface area contributed by atoms with Crippen molar-refractivity contribution in [2.45, 2.75) is 19.4 Å². The first-order chi connectivity index (χ1) is 17.5. The molecule has 0 unspecified atom stereocenters. The number of nitrogens with zero attached hydrogens (tertiary/aromatic N) is 2. The van der Waals surface area contributed by atoms with Crippen LogP contribution in [0.4, 0.5) is 5.69 Å². The van der Waals surface area contributed by atoms with Crippen LogP contribution >= 0.6 is 0 Å². The van der Waals surface area contributed by atoms with Crippen LogP contribution < -0.4 is 15.7 Å². The molecule has 1 fully saturated rings. The number of benzene rings is 3. The number of hydroxylamine groups is 1. The maximum Gasteiger partial charge on any atom is 0.251 e. The molecule has 4 aromatic rings. The number of fused-ring (bicyclic) bond motifs is 1. The van der Waals surface area contributed by atoms with Gasteiger partial charge in [-0.2, -0.15) is 0 Å². The number of anilines is 1. The predicted molar refractivity (Wildman–Crippen MR) is 139 cm³/mol. The lowest BCUT2D eigenvalue weighted by Gasteiger charge is -2.19. The molecule has 1 saturated heterocycles. The highest BCUT2D eigenvalue weighted by atomic mass is 16.5. The van der Waals surface area contributed by atoms with Gasteiger partial charge in [0.05, 0.1) is 17.5 Å². The lowest BCUT2D eigenvalue weighted by molar-refractivity contribution is -0.133. The number of carbonyl (C=O) groups is 2. The quantitative estimate of drug-likeness (QED) is 0.288. The Hall–Kier alpha value is -4.23. The lowest BCUT2D eigenvalue weighted by Crippen LogP contribution is -2.45. The molecular weight excluding hydrogens is 452 g/mol. The second-order valence-corrected chi connectivity index (χ2v) is 9.22. The molecular formula is C29H28N4O3. The molecule has 5 rings (SSSR count). The van der Waals surface area contributed by atoms with Crippen LogP contribution in [0.5, 0.6) is 0 Å². The number of amides is 2. The van der Waals surface area contributed by atoms with Crippen molar-refractivity contribution < 1.29 is 14.8 Å². The number of nitrogens with one attached hydrogen (secondary N) is 2. The average Bonchev–Trinajstić information content (AvgIpc) is 3.32. The molecule has 1 aliphatic heterocycles. The van der Waals surface area contributed by atoms with Crippen molar-refractivity contribution in [1.82, 2.24) is 15.8 Å². The van der Waals surface area contributed by atoms with E-state index >= 15 is 0 Å². The van der Waals surface area contributed by atoms with E-state index in [1.807, 2.05) is 84.6 Å². The van der Waals surface area contributed by atoms with Crippen molar-refractivity contribution in [1.29, 1.82) is 0 Å². The lowest BCUT2D eigenvalue weighted by atomic mass is 9.99. The third kappa shape index (κ3) is 4.92. The Balaban J connectivity index is 1.30. The molecule has 2 heterocycles. The SMILES string of the molecule is Cc1cc(Cc2ccc(C(=O)N[C@@H]3CN(c4ccccc4)C[C@@H]3C(=O)NO)cc2)c2ccccc2n1. The molecule has 7 nitrogen and oxygen atoms in total. The van der Waals surface area contributed by atoms with E-state index in [-0.39, 0.29) is 5.91 Å². The normalized spacial score (nSPS) is 17.2. The van der Waals surface area contributed by atoms with Crippen LogP contribution in [0, 0.1) is 12.8 Å². The highest BCUT2D eigenvalue weighted by Gasteiger charge is 2.38. The number of hydrogen-bond acceptors (Lipinski definition) is 5. The maximum absolute atomic E-state index is 13.1. The summed E-state index contributed by atoms with van der Waals surface area (Å²) in [5.74, 6) is -1.32. The van der Waals surface area contributed by atoms with Crippen molar-refractivity contribution in [3.05, 3.63) is 107 Å². The second-order valence-electron chi connectivity index (χ2n) is 9.22. The largest absolute Gasteiger partial charge is 0.369 e. The summed E-state index contributed by atoms with van der Waals surface area (Å²) in [6.45, 7) is 2.87. The molecule has 2 amide bonds. The van der Waals surface area contributed by atoms with Crippen LogP contribution in [0.3, 0.4) is 0 Å². The van der Waals surface area contributed by atoms with Gasteiger partial charge in [0, 0.05) is 35.4 Å². The summed E-state index contributed by atoms with van der Waals surface area (Å²) in [6.07, 6.45) is 0.735. The topological polar surface area (TPSA) is 94.6 Å². The number of carbonyl (C=O) groups excluding carboxylic acids is 2. The first-order valence-electron chi connectivity index (χ1n) is 12.0. The maximum atomic E-state index is 13.1. The van der Waals surface area contributed by atoms with Crippen molar-refractivity contribution in [2.75, 3.05) is 18.0 Å². The summed E-state index contributed by atoms with van der Waals surface area (Å²) in [7, 11) is 0. The fourth-order valence-electron chi connectivity index (χ4n) is 4.94. The number of pyridine rings is 1. The molecule has 7 heteroatoms. The summed E-state index contributed by atoms with van der Waals surface area (Å²) in [5.41, 5.74) is 7.48. The van der Waals surface area contributed by atoms with E-state index in [0.717, 1.165) is 34.3 Å². The van der Waals surface area contributed by atoms with Crippen molar-refractivity contribution >= 4 is 28.4 Å². The van der Waals surface area contributed by atoms with E-state index < -0.39 is 17.9 Å². The minimum atomic E-state index is -0.568. The Morgan fingerprint density at radius 2 is 1.69 bits per heavy atom. The standard InChI is InChI=1S/C29H28N4O3/c1-19-15-22(24-9-5-6-10-26(24)30-19)16-20-11-13-21(14-12-20)28(34)31-27-18-33(17-25(27)29(35)32-36)23-7-3-2-4-8-23/h2-15,25,27,36H,16-18H2,1H3,(H,31,34)(H,32,35)/t25-,27+/m0/s1. The number of hydrogen-bond donors (Lipinski definition) is 3. The molecule has 0 bridgehead atoms. The first-order valence-corrected chi connectivity index (χ1v) is 12.0. The van der Waals surface area contributed by atoms with Crippen LogP contribution in [0.2, 0.25) is 0 Å². The summed E-state index contributed by atoms with van der Waals surface area (Å²) < 4.78 is 0. The van der Waals surface area contributed by atoms with Crippen LogP contribution in [-0.2, 0) is 11.2 Å². The van der Waals surface area contributed by atoms with Crippen LogP contribution in [-0.4, -0.2) is 41.1 Å². The van der Waals surface area contributed by atoms with Gasteiger partial charge in [0.2, 0.25) is 5.91 Å². The number of rotatable bonds is 6. The van der Waals surface area contributed by atoms with Gasteiger partial charge >= 0.3 is 0 Å². The molecule has 1 aliphatic rings.